The molecule has 1 aromatic rings. The van der Waals surface area contributed by atoms with Gasteiger partial charge in [0.05, 0.1) is 7.11 Å². The van der Waals surface area contributed by atoms with E-state index in [0.717, 1.165) is 12.8 Å². The Labute approximate surface area is 93.6 Å². The normalized spacial score (nSPS) is 10.9. The van der Waals surface area contributed by atoms with Crippen LogP contribution in [-0.2, 0) is 21.6 Å². The highest BCUT2D eigenvalue weighted by molar-refractivity contribution is 7.80. The molecular formula is C8H12N2O5S. The van der Waals surface area contributed by atoms with Gasteiger partial charge < -0.3 is 9.76 Å². The second kappa shape index (κ2) is 6.88. The van der Waals surface area contributed by atoms with Crippen LogP contribution < -0.4 is 4.57 Å². The van der Waals surface area contributed by atoms with Crippen molar-refractivity contribution in [3.63, 3.8) is 0 Å². The van der Waals surface area contributed by atoms with E-state index in [1.807, 2.05) is 36.0 Å². The quantitative estimate of drug-likeness (QED) is 0.188. The first-order valence-corrected chi connectivity index (χ1v) is 5.37. The van der Waals surface area contributed by atoms with E-state index in [2.05, 4.69) is 9.34 Å². The number of nitrogens with zero attached hydrogens (tertiary/aromatic N) is 2. The van der Waals surface area contributed by atoms with Gasteiger partial charge in [-0.25, -0.2) is 13.0 Å². The molecule has 0 radical (unpaired) electrons. The summed E-state index contributed by atoms with van der Waals surface area (Å²) in [7, 11) is -1.72. The van der Waals surface area contributed by atoms with Crippen molar-refractivity contribution < 1.29 is 26.9 Å². The summed E-state index contributed by atoms with van der Waals surface area (Å²) in [5, 5.41) is 11.1. The Morgan fingerprint density at radius 2 is 2.12 bits per heavy atom. The van der Waals surface area contributed by atoms with Crippen LogP contribution in [-0.4, -0.2) is 31.5 Å². The number of pyridine rings is 1. The molecule has 0 amide bonds. The molecule has 0 unspecified atom stereocenters. The van der Waals surface area contributed by atoms with E-state index in [-0.39, 0.29) is 0 Å². The fourth-order valence-corrected chi connectivity index (χ4v) is 0.730. The number of hydrogen-bond acceptors (Lipinski definition) is 6. The number of aromatic nitrogens is 1. The van der Waals surface area contributed by atoms with E-state index >= 15 is 0 Å². The van der Waals surface area contributed by atoms with Gasteiger partial charge in [-0.15, -0.1) is 0 Å². The minimum absolute atomic E-state index is 0.808. The Morgan fingerprint density at radius 3 is 2.50 bits per heavy atom. The lowest BCUT2D eigenvalue weighted by atomic mass is 10.4. The Bertz CT molecular complexity index is 443. The summed E-state index contributed by atoms with van der Waals surface area (Å²) in [6, 6.07) is 5.66. The molecule has 0 fully saturated rings. The molecule has 0 aromatic carbocycles. The van der Waals surface area contributed by atoms with Crippen LogP contribution in [0, 0.1) is 0 Å². The zero-order valence-corrected chi connectivity index (χ0v) is 9.59. The number of hydrogen-bond donors (Lipinski definition) is 1. The minimum Gasteiger partial charge on any atom is -0.726 e. The minimum atomic E-state index is -4.41. The van der Waals surface area contributed by atoms with Gasteiger partial charge in [0.1, 0.15) is 13.3 Å². The summed E-state index contributed by atoms with van der Waals surface area (Å²) in [4.78, 5) is 0. The molecule has 1 heterocycles. The van der Waals surface area contributed by atoms with Crippen molar-refractivity contribution in [3.8, 4) is 0 Å². The largest absolute Gasteiger partial charge is 0.726 e. The summed E-state index contributed by atoms with van der Waals surface area (Å²) in [6.07, 6.45) is 3.27. The van der Waals surface area contributed by atoms with E-state index in [1.54, 1.807) is 0 Å². The first-order valence-electron chi connectivity index (χ1n) is 4.04. The van der Waals surface area contributed by atoms with Crippen LogP contribution in [0.15, 0.2) is 29.6 Å². The predicted molar refractivity (Wildman–Crippen MR) is 53.7 cm³/mol. The van der Waals surface area contributed by atoms with Gasteiger partial charge >= 0.3 is 0 Å². The molecule has 0 spiro atoms. The third-order valence-corrected chi connectivity index (χ3v) is 1.90. The Balaban J connectivity index is 0.000000325. The lowest BCUT2D eigenvalue weighted by Gasteiger charge is -1.98. The maximum Gasteiger partial charge on any atom is 0.226 e. The van der Waals surface area contributed by atoms with Gasteiger partial charge in [-0.1, -0.05) is 5.16 Å². The molecular weight excluding hydrogens is 236 g/mol. The van der Waals surface area contributed by atoms with Crippen molar-refractivity contribution in [2.24, 2.45) is 12.2 Å². The van der Waals surface area contributed by atoms with Gasteiger partial charge in [0.2, 0.25) is 16.1 Å². The first kappa shape index (κ1) is 14.5. The lowest BCUT2D eigenvalue weighted by molar-refractivity contribution is -0.672. The van der Waals surface area contributed by atoms with Crippen molar-refractivity contribution in [1.29, 1.82) is 0 Å². The molecule has 0 saturated heterocycles. The molecule has 90 valence electrons. The van der Waals surface area contributed by atoms with Crippen molar-refractivity contribution in [2.45, 2.75) is 0 Å². The molecule has 1 N–H and O–H groups in total. The van der Waals surface area contributed by atoms with E-state index in [1.165, 1.54) is 6.21 Å². The molecule has 16 heavy (non-hydrogen) atoms. The maximum absolute atomic E-state index is 9.22. The molecule has 0 saturated carbocycles. The van der Waals surface area contributed by atoms with Crippen LogP contribution >= 0.6 is 0 Å². The number of aryl methyl sites for hydroxylation is 1. The van der Waals surface area contributed by atoms with Crippen LogP contribution in [0.1, 0.15) is 5.69 Å². The van der Waals surface area contributed by atoms with Crippen LogP contribution in [0.25, 0.3) is 0 Å². The summed E-state index contributed by atoms with van der Waals surface area (Å²) in [6.45, 7) is 0. The van der Waals surface area contributed by atoms with Gasteiger partial charge in [0, 0.05) is 12.1 Å². The van der Waals surface area contributed by atoms with Crippen molar-refractivity contribution in [3.05, 3.63) is 30.1 Å². The summed E-state index contributed by atoms with van der Waals surface area (Å²) >= 11 is 0. The van der Waals surface area contributed by atoms with Gasteiger partial charge in [-0.2, -0.15) is 0 Å². The van der Waals surface area contributed by atoms with Gasteiger partial charge in [-0.05, 0) is 6.07 Å². The summed E-state index contributed by atoms with van der Waals surface area (Å²) < 4.78 is 32.9. The van der Waals surface area contributed by atoms with Crippen LogP contribution in [0.5, 0.6) is 0 Å². The topological polar surface area (TPSA) is 103 Å². The van der Waals surface area contributed by atoms with Gasteiger partial charge in [-0.3, -0.25) is 4.18 Å². The number of rotatable bonds is 2. The molecule has 0 aliphatic carbocycles. The monoisotopic (exact) mass is 248 g/mol. The standard InChI is InChI=1S/C7H8N2O.CH4O4S/c1-9-5-3-2-4-7(9)6-8-10;1-5-6(2,3)4/h2-6H,1H3;1H3,(H,2,3,4). The third-order valence-electron chi connectivity index (χ3n) is 1.49. The fourth-order valence-electron chi connectivity index (χ4n) is 0.730. The molecule has 1 rings (SSSR count). The average Bonchev–Trinajstić information content (AvgIpc) is 2.22. The first-order chi connectivity index (χ1) is 7.40. The smallest absolute Gasteiger partial charge is 0.226 e. The molecule has 0 bridgehead atoms. The molecule has 0 aliphatic heterocycles. The predicted octanol–water partition coefficient (Wildman–Crippen LogP) is -0.588. The second-order valence-corrected chi connectivity index (χ2v) is 3.71. The fraction of sp³-hybridized carbons (Fsp3) is 0.250. The SMILES string of the molecule is COS(=O)(=O)[O-].C[n+]1ccccc1C=NO. The van der Waals surface area contributed by atoms with E-state index < -0.39 is 10.4 Å². The Morgan fingerprint density at radius 1 is 1.56 bits per heavy atom. The zero-order valence-electron chi connectivity index (χ0n) is 8.77. The van der Waals surface area contributed by atoms with Crippen molar-refractivity contribution in [1.82, 2.24) is 0 Å². The van der Waals surface area contributed by atoms with Gasteiger partial charge in [0.15, 0.2) is 6.20 Å². The molecule has 8 heteroatoms. The average molecular weight is 248 g/mol. The molecule has 7 nitrogen and oxygen atoms in total. The third kappa shape index (κ3) is 6.87. The van der Waals surface area contributed by atoms with E-state index in [0.29, 0.717) is 0 Å². The highest BCUT2D eigenvalue weighted by Crippen LogP contribution is 1.84. The van der Waals surface area contributed by atoms with E-state index in [4.69, 9.17) is 5.21 Å². The maximum atomic E-state index is 9.22. The summed E-state index contributed by atoms with van der Waals surface area (Å²) in [5.74, 6) is 0. The Hall–Kier alpha value is -1.51. The molecule has 0 aliphatic rings. The van der Waals surface area contributed by atoms with Crippen LogP contribution in [0.4, 0.5) is 0 Å². The van der Waals surface area contributed by atoms with Gasteiger partial charge in [0.25, 0.3) is 0 Å². The zero-order chi connectivity index (χ0) is 12.6. The van der Waals surface area contributed by atoms with E-state index in [9.17, 15) is 13.0 Å². The summed E-state index contributed by atoms with van der Waals surface area (Å²) in [5.41, 5.74) is 0.866. The highest BCUT2D eigenvalue weighted by Gasteiger charge is 1.98. The van der Waals surface area contributed by atoms with Crippen molar-refractivity contribution in [2.75, 3.05) is 7.11 Å². The van der Waals surface area contributed by atoms with Crippen LogP contribution in [0.2, 0.25) is 0 Å². The Kier molecular flexibility index (Phi) is 6.23. The van der Waals surface area contributed by atoms with Crippen molar-refractivity contribution >= 4 is 16.6 Å². The lowest BCUT2D eigenvalue weighted by Crippen LogP contribution is -2.32. The highest BCUT2D eigenvalue weighted by atomic mass is 32.3. The molecule has 0 atom stereocenters. The number of oxime groups is 1. The second-order valence-electron chi connectivity index (χ2n) is 2.56. The molecule has 1 aromatic heterocycles. The van der Waals surface area contributed by atoms with Crippen LogP contribution in [0.3, 0.4) is 0 Å².